The summed E-state index contributed by atoms with van der Waals surface area (Å²) >= 11 is 1.46. The van der Waals surface area contributed by atoms with Gasteiger partial charge < -0.3 is 9.47 Å². The maximum atomic E-state index is 13.0. The van der Waals surface area contributed by atoms with E-state index >= 15 is 0 Å². The van der Waals surface area contributed by atoms with Crippen molar-refractivity contribution in [3.63, 3.8) is 0 Å². The minimum absolute atomic E-state index is 0.159. The van der Waals surface area contributed by atoms with Crippen LogP contribution in [0.4, 0.5) is 0 Å². The van der Waals surface area contributed by atoms with E-state index in [1.807, 2.05) is 38.7 Å². The number of hydrogen-bond acceptors (Lipinski definition) is 5. The molecule has 1 saturated heterocycles. The van der Waals surface area contributed by atoms with Gasteiger partial charge in [0.05, 0.1) is 21.2 Å². The molecule has 1 unspecified atom stereocenters. The van der Waals surface area contributed by atoms with Crippen LogP contribution in [-0.2, 0) is 21.4 Å². The Morgan fingerprint density at radius 3 is 2.35 bits per heavy atom. The fraction of sp³-hybridized carbons (Fsp3) is 0.636. The number of aromatic nitrogens is 2. The first-order valence-corrected chi connectivity index (χ1v) is 13.6. The molecule has 3 rings (SSSR count). The van der Waals surface area contributed by atoms with Gasteiger partial charge in [0, 0.05) is 32.7 Å². The second kappa shape index (κ2) is 10.4. The minimum Gasteiger partial charge on any atom is -0.342 e. The molecule has 0 N–H and O–H groups in total. The second-order valence-corrected chi connectivity index (χ2v) is 11.1. The SMILES string of the molecule is CCN(CC)S(=O)(=O)c1ccc2c(c1)nc(SC(C)C(=O)N1CCCCCC1)n2CC. The van der Waals surface area contributed by atoms with Crippen molar-refractivity contribution >= 4 is 38.7 Å². The second-order valence-electron chi connectivity index (χ2n) is 7.88. The van der Waals surface area contributed by atoms with Gasteiger partial charge >= 0.3 is 0 Å². The first-order valence-electron chi connectivity index (χ1n) is 11.3. The number of imidazole rings is 1. The van der Waals surface area contributed by atoms with Crippen LogP contribution in [0.2, 0.25) is 0 Å². The third-order valence-electron chi connectivity index (χ3n) is 5.89. The van der Waals surface area contributed by atoms with Crippen molar-refractivity contribution in [2.24, 2.45) is 0 Å². The lowest BCUT2D eigenvalue weighted by atomic mass is 10.2. The average Bonchev–Trinajstić information content (AvgIpc) is 2.91. The number of aryl methyl sites for hydroxylation is 1. The molecule has 0 radical (unpaired) electrons. The van der Waals surface area contributed by atoms with Crippen LogP contribution in [0.1, 0.15) is 53.4 Å². The van der Waals surface area contributed by atoms with Crippen molar-refractivity contribution in [1.29, 1.82) is 0 Å². The molecule has 9 heteroatoms. The van der Waals surface area contributed by atoms with Crippen molar-refractivity contribution in [1.82, 2.24) is 18.8 Å². The number of likely N-dealkylation sites (tertiary alicyclic amines) is 1. The zero-order valence-electron chi connectivity index (χ0n) is 19.0. The summed E-state index contributed by atoms with van der Waals surface area (Å²) in [6.07, 6.45) is 4.52. The van der Waals surface area contributed by atoms with E-state index in [1.54, 1.807) is 12.1 Å². The Balaban J connectivity index is 1.88. The molecule has 1 aromatic heterocycles. The summed E-state index contributed by atoms with van der Waals surface area (Å²) in [4.78, 5) is 20.0. The number of rotatable bonds is 8. The molecule has 2 aromatic rings. The van der Waals surface area contributed by atoms with Crippen molar-refractivity contribution in [3.05, 3.63) is 18.2 Å². The smallest absolute Gasteiger partial charge is 0.243 e. The lowest BCUT2D eigenvalue weighted by molar-refractivity contribution is -0.130. The summed E-state index contributed by atoms with van der Waals surface area (Å²) in [5.74, 6) is 0.159. The Kier molecular flexibility index (Phi) is 8.04. The number of sulfonamides is 1. The first-order chi connectivity index (χ1) is 14.8. The van der Waals surface area contributed by atoms with Crippen molar-refractivity contribution in [2.45, 2.75) is 75.2 Å². The Labute approximate surface area is 190 Å². The molecular weight excluding hydrogens is 432 g/mol. The van der Waals surface area contributed by atoms with Gasteiger partial charge in [-0.1, -0.05) is 38.5 Å². The highest BCUT2D eigenvalue weighted by Gasteiger charge is 2.26. The van der Waals surface area contributed by atoms with E-state index in [1.165, 1.54) is 28.9 Å². The van der Waals surface area contributed by atoms with Gasteiger partial charge in [-0.25, -0.2) is 13.4 Å². The summed E-state index contributed by atoms with van der Waals surface area (Å²) in [6, 6.07) is 5.14. The predicted octanol–water partition coefficient (Wildman–Crippen LogP) is 3.97. The maximum absolute atomic E-state index is 13.0. The van der Waals surface area contributed by atoms with Crippen LogP contribution in [0, 0.1) is 0 Å². The van der Waals surface area contributed by atoms with E-state index < -0.39 is 10.0 Å². The number of carbonyl (C=O) groups excluding carboxylic acids is 1. The Bertz CT molecular complexity index is 1010. The number of fused-ring (bicyclic) bond motifs is 1. The van der Waals surface area contributed by atoms with Gasteiger partial charge in [0.25, 0.3) is 0 Å². The van der Waals surface area contributed by atoms with Crippen LogP contribution in [-0.4, -0.2) is 64.5 Å². The normalized spacial score (nSPS) is 16.6. The molecule has 172 valence electrons. The standard InChI is InChI=1S/C22H34N4O3S2/c1-5-25(6-2)31(28,29)18-12-13-20-19(16-18)23-22(26(20)7-3)30-17(4)21(27)24-14-10-8-9-11-15-24/h12-13,16-17H,5-11,14-15H2,1-4H3. The fourth-order valence-corrected chi connectivity index (χ4v) is 6.66. The van der Waals surface area contributed by atoms with Crippen LogP contribution in [0.15, 0.2) is 28.3 Å². The number of nitrogens with zero attached hydrogens (tertiary/aromatic N) is 4. The molecule has 1 amide bonds. The zero-order chi connectivity index (χ0) is 22.6. The average molecular weight is 467 g/mol. The molecule has 0 bridgehead atoms. The monoisotopic (exact) mass is 466 g/mol. The molecule has 2 heterocycles. The van der Waals surface area contributed by atoms with Crippen molar-refractivity contribution in [2.75, 3.05) is 26.2 Å². The molecule has 1 fully saturated rings. The molecule has 0 spiro atoms. The Hall–Kier alpha value is -1.58. The van der Waals surface area contributed by atoms with Crippen LogP contribution in [0.5, 0.6) is 0 Å². The minimum atomic E-state index is -3.54. The van der Waals surface area contributed by atoms with Crippen LogP contribution < -0.4 is 0 Å². The molecule has 31 heavy (non-hydrogen) atoms. The van der Waals surface area contributed by atoms with Gasteiger partial charge in [0.2, 0.25) is 15.9 Å². The zero-order valence-corrected chi connectivity index (χ0v) is 20.6. The van der Waals surface area contributed by atoms with Gasteiger partial charge in [-0.3, -0.25) is 4.79 Å². The third kappa shape index (κ3) is 5.09. The number of carbonyl (C=O) groups is 1. The highest BCUT2D eigenvalue weighted by atomic mass is 32.2. The summed E-state index contributed by atoms with van der Waals surface area (Å²) in [6.45, 7) is 10.9. The Morgan fingerprint density at radius 2 is 1.77 bits per heavy atom. The van der Waals surface area contributed by atoms with E-state index in [4.69, 9.17) is 4.98 Å². The number of thioether (sulfide) groups is 1. The molecule has 0 saturated carbocycles. The number of amides is 1. The number of benzene rings is 1. The maximum Gasteiger partial charge on any atom is 0.243 e. The van der Waals surface area contributed by atoms with E-state index in [0.29, 0.717) is 25.2 Å². The molecule has 1 aromatic carbocycles. The number of hydrogen-bond donors (Lipinski definition) is 0. The van der Waals surface area contributed by atoms with E-state index in [9.17, 15) is 13.2 Å². The molecule has 1 atom stereocenters. The molecular formula is C22H34N4O3S2. The van der Waals surface area contributed by atoms with E-state index in [2.05, 4.69) is 4.57 Å². The lowest BCUT2D eigenvalue weighted by Gasteiger charge is -2.23. The quantitative estimate of drug-likeness (QED) is 0.550. The van der Waals surface area contributed by atoms with E-state index in [-0.39, 0.29) is 16.1 Å². The largest absolute Gasteiger partial charge is 0.342 e. The van der Waals surface area contributed by atoms with Gasteiger partial charge in [0.15, 0.2) is 5.16 Å². The van der Waals surface area contributed by atoms with E-state index in [0.717, 1.165) is 36.6 Å². The van der Waals surface area contributed by atoms with Crippen LogP contribution >= 0.6 is 11.8 Å². The first kappa shape index (κ1) is 24.1. The summed E-state index contributed by atoms with van der Waals surface area (Å²) in [5, 5.41) is 0.518. The van der Waals surface area contributed by atoms with Gasteiger partial charge in [0.1, 0.15) is 0 Å². The summed E-state index contributed by atoms with van der Waals surface area (Å²) in [7, 11) is -3.54. The highest BCUT2D eigenvalue weighted by Crippen LogP contribution is 2.30. The highest BCUT2D eigenvalue weighted by molar-refractivity contribution is 8.00. The molecule has 1 aliphatic heterocycles. The molecule has 0 aliphatic carbocycles. The topological polar surface area (TPSA) is 75.5 Å². The summed E-state index contributed by atoms with van der Waals surface area (Å²) in [5.41, 5.74) is 1.53. The predicted molar refractivity (Wildman–Crippen MR) is 126 cm³/mol. The van der Waals surface area contributed by atoms with Gasteiger partial charge in [-0.15, -0.1) is 0 Å². The third-order valence-corrected chi connectivity index (χ3v) is 9.02. The van der Waals surface area contributed by atoms with Crippen molar-refractivity contribution in [3.8, 4) is 0 Å². The molecule has 1 aliphatic rings. The fourth-order valence-electron chi connectivity index (χ4n) is 4.11. The van der Waals surface area contributed by atoms with Crippen LogP contribution in [0.25, 0.3) is 11.0 Å². The van der Waals surface area contributed by atoms with Gasteiger partial charge in [-0.05, 0) is 44.9 Å². The van der Waals surface area contributed by atoms with Gasteiger partial charge in [-0.2, -0.15) is 4.31 Å². The van der Waals surface area contributed by atoms with Crippen LogP contribution in [0.3, 0.4) is 0 Å². The molecule has 7 nitrogen and oxygen atoms in total. The Morgan fingerprint density at radius 1 is 1.13 bits per heavy atom. The summed E-state index contributed by atoms with van der Waals surface area (Å²) < 4.78 is 29.3. The van der Waals surface area contributed by atoms with Crippen molar-refractivity contribution < 1.29 is 13.2 Å². The lowest BCUT2D eigenvalue weighted by Crippen LogP contribution is -2.37.